The molecule has 0 aromatic carbocycles. The van der Waals surface area contributed by atoms with Gasteiger partial charge in [0.1, 0.15) is 0 Å². The van der Waals surface area contributed by atoms with E-state index >= 15 is 0 Å². The number of nitrogens with one attached hydrogen (secondary N) is 1. The first-order chi connectivity index (χ1) is 9.17. The molecule has 3 heteroatoms. The molecule has 0 bridgehead atoms. The van der Waals surface area contributed by atoms with Gasteiger partial charge >= 0.3 is 0 Å². The summed E-state index contributed by atoms with van der Waals surface area (Å²) in [6, 6.07) is 1.03. The van der Waals surface area contributed by atoms with Crippen LogP contribution in [0, 0.1) is 11.8 Å². The van der Waals surface area contributed by atoms with Crippen LogP contribution in [-0.2, 0) is 0 Å². The Morgan fingerprint density at radius 3 is 2.68 bits per heavy atom. The fourth-order valence-electron chi connectivity index (χ4n) is 4.60. The molecule has 3 fully saturated rings. The Kier molecular flexibility index (Phi) is 3.89. The summed E-state index contributed by atoms with van der Waals surface area (Å²) in [4.78, 5) is 2.62. The van der Waals surface area contributed by atoms with Gasteiger partial charge in [-0.25, -0.2) is 0 Å². The summed E-state index contributed by atoms with van der Waals surface area (Å²) in [7, 11) is 2.06. The first-order valence-electron chi connectivity index (χ1n) is 8.31. The first-order valence-corrected chi connectivity index (χ1v) is 8.31. The van der Waals surface area contributed by atoms with Gasteiger partial charge in [0.05, 0.1) is 5.60 Å². The number of fused-ring (bicyclic) bond motifs is 1. The van der Waals surface area contributed by atoms with Crippen LogP contribution in [0.1, 0.15) is 51.9 Å². The van der Waals surface area contributed by atoms with E-state index in [4.69, 9.17) is 0 Å². The number of hydrogen-bond acceptors (Lipinski definition) is 3. The quantitative estimate of drug-likeness (QED) is 0.817. The summed E-state index contributed by atoms with van der Waals surface area (Å²) in [5.74, 6) is 1.45. The van der Waals surface area contributed by atoms with Gasteiger partial charge in [0.15, 0.2) is 0 Å². The molecule has 1 saturated heterocycles. The topological polar surface area (TPSA) is 35.5 Å². The molecule has 0 aromatic rings. The zero-order valence-corrected chi connectivity index (χ0v) is 12.6. The maximum Gasteiger partial charge on any atom is 0.0831 e. The summed E-state index contributed by atoms with van der Waals surface area (Å²) in [6.45, 7) is 4.70. The number of nitrogens with zero attached hydrogens (tertiary/aromatic N) is 1. The number of rotatable bonds is 4. The van der Waals surface area contributed by atoms with Crippen molar-refractivity contribution in [3.8, 4) is 0 Å². The van der Waals surface area contributed by atoms with Gasteiger partial charge in [-0.3, -0.25) is 4.90 Å². The van der Waals surface area contributed by atoms with Crippen LogP contribution < -0.4 is 5.32 Å². The molecule has 2 saturated carbocycles. The van der Waals surface area contributed by atoms with Crippen LogP contribution in [0.2, 0.25) is 0 Å². The highest BCUT2D eigenvalue weighted by Gasteiger charge is 2.51. The third-order valence-electron chi connectivity index (χ3n) is 5.94. The van der Waals surface area contributed by atoms with Gasteiger partial charge in [-0.05, 0) is 70.4 Å². The number of likely N-dealkylation sites (tertiary alicyclic amines) is 1. The number of hydrogen-bond donors (Lipinski definition) is 2. The highest BCUT2D eigenvalue weighted by atomic mass is 16.3. The monoisotopic (exact) mass is 266 g/mol. The van der Waals surface area contributed by atoms with Crippen LogP contribution in [-0.4, -0.2) is 47.8 Å². The third kappa shape index (κ3) is 2.57. The Labute approximate surface area is 117 Å². The minimum atomic E-state index is -0.408. The molecule has 3 rings (SSSR count). The smallest absolute Gasteiger partial charge is 0.0831 e. The molecule has 2 aliphatic carbocycles. The highest BCUT2D eigenvalue weighted by Crippen LogP contribution is 2.45. The molecule has 1 aliphatic heterocycles. The standard InChI is InChI=1S/C16H30N2O/c1-3-15-16(19)8-6-14(17-2)10-13(16)7-9-18(15)11-12-4-5-12/h12-15,17,19H,3-11H2,1-2H3/t13?,14?,15-,16?/m1/s1. The molecule has 1 heterocycles. The fourth-order valence-corrected chi connectivity index (χ4v) is 4.60. The van der Waals surface area contributed by atoms with Crippen molar-refractivity contribution in [3.05, 3.63) is 0 Å². The van der Waals surface area contributed by atoms with Crippen LogP contribution in [0.4, 0.5) is 0 Å². The van der Waals surface area contributed by atoms with E-state index in [-0.39, 0.29) is 0 Å². The maximum atomic E-state index is 11.3. The number of aliphatic hydroxyl groups is 1. The Morgan fingerprint density at radius 1 is 1.26 bits per heavy atom. The van der Waals surface area contributed by atoms with Crippen molar-refractivity contribution in [3.63, 3.8) is 0 Å². The van der Waals surface area contributed by atoms with Gasteiger partial charge < -0.3 is 10.4 Å². The molecule has 0 aromatic heterocycles. The van der Waals surface area contributed by atoms with E-state index < -0.39 is 5.60 Å². The van der Waals surface area contributed by atoms with Gasteiger partial charge in [-0.15, -0.1) is 0 Å². The molecule has 0 amide bonds. The van der Waals surface area contributed by atoms with Gasteiger partial charge in [-0.2, -0.15) is 0 Å². The highest BCUT2D eigenvalue weighted by molar-refractivity contribution is 5.05. The van der Waals surface area contributed by atoms with Crippen molar-refractivity contribution < 1.29 is 5.11 Å². The van der Waals surface area contributed by atoms with Gasteiger partial charge in [0, 0.05) is 18.6 Å². The zero-order valence-electron chi connectivity index (χ0n) is 12.6. The predicted molar refractivity (Wildman–Crippen MR) is 78.1 cm³/mol. The van der Waals surface area contributed by atoms with Crippen molar-refractivity contribution in [1.29, 1.82) is 0 Å². The van der Waals surface area contributed by atoms with Gasteiger partial charge in [0.25, 0.3) is 0 Å². The lowest BCUT2D eigenvalue weighted by atomic mass is 9.65. The molecular weight excluding hydrogens is 236 g/mol. The van der Waals surface area contributed by atoms with Crippen molar-refractivity contribution in [2.75, 3.05) is 20.1 Å². The van der Waals surface area contributed by atoms with Crippen LogP contribution >= 0.6 is 0 Å². The molecule has 19 heavy (non-hydrogen) atoms. The maximum absolute atomic E-state index is 11.3. The van der Waals surface area contributed by atoms with Crippen LogP contribution in [0.3, 0.4) is 0 Å². The van der Waals surface area contributed by atoms with E-state index in [1.165, 1.54) is 38.8 Å². The molecule has 0 spiro atoms. The fraction of sp³-hybridized carbons (Fsp3) is 1.00. The molecule has 2 N–H and O–H groups in total. The molecular formula is C16H30N2O. The van der Waals surface area contributed by atoms with Crippen molar-refractivity contribution >= 4 is 0 Å². The molecule has 3 nitrogen and oxygen atoms in total. The zero-order chi connectivity index (χ0) is 13.5. The van der Waals surface area contributed by atoms with Crippen molar-refractivity contribution in [2.45, 2.75) is 69.6 Å². The van der Waals surface area contributed by atoms with E-state index in [1.807, 2.05) is 0 Å². The van der Waals surface area contributed by atoms with E-state index in [0.29, 0.717) is 18.0 Å². The third-order valence-corrected chi connectivity index (χ3v) is 5.94. The van der Waals surface area contributed by atoms with Gasteiger partial charge in [0.2, 0.25) is 0 Å². The minimum Gasteiger partial charge on any atom is -0.388 e. The Hall–Kier alpha value is -0.120. The lowest BCUT2D eigenvalue weighted by molar-refractivity contribution is -0.146. The summed E-state index contributed by atoms with van der Waals surface area (Å²) in [5, 5.41) is 14.7. The average molecular weight is 266 g/mol. The summed E-state index contributed by atoms with van der Waals surface area (Å²) < 4.78 is 0. The lowest BCUT2D eigenvalue weighted by Gasteiger charge is -2.55. The van der Waals surface area contributed by atoms with Crippen LogP contribution in [0.5, 0.6) is 0 Å². The van der Waals surface area contributed by atoms with E-state index in [9.17, 15) is 5.11 Å². The molecule has 0 radical (unpaired) electrons. The lowest BCUT2D eigenvalue weighted by Crippen LogP contribution is -2.64. The summed E-state index contributed by atoms with van der Waals surface area (Å²) in [6.07, 6.45) is 8.41. The Balaban J connectivity index is 1.72. The average Bonchev–Trinajstić information content (AvgIpc) is 3.21. The first kappa shape index (κ1) is 13.8. The van der Waals surface area contributed by atoms with Crippen LogP contribution in [0.25, 0.3) is 0 Å². The second-order valence-electron chi connectivity index (χ2n) is 7.10. The van der Waals surface area contributed by atoms with E-state index in [2.05, 4.69) is 24.2 Å². The summed E-state index contributed by atoms with van der Waals surface area (Å²) >= 11 is 0. The minimum absolute atomic E-state index is 0.407. The molecule has 3 aliphatic rings. The largest absolute Gasteiger partial charge is 0.388 e. The van der Waals surface area contributed by atoms with E-state index in [0.717, 1.165) is 25.2 Å². The molecule has 3 unspecified atom stereocenters. The van der Waals surface area contributed by atoms with E-state index in [1.54, 1.807) is 0 Å². The summed E-state index contributed by atoms with van der Waals surface area (Å²) in [5.41, 5.74) is -0.408. The van der Waals surface area contributed by atoms with Crippen molar-refractivity contribution in [2.24, 2.45) is 11.8 Å². The Bertz CT molecular complexity index is 318. The van der Waals surface area contributed by atoms with Crippen LogP contribution in [0.15, 0.2) is 0 Å². The normalized spacial score (nSPS) is 44.1. The Morgan fingerprint density at radius 2 is 2.05 bits per heavy atom. The van der Waals surface area contributed by atoms with Crippen molar-refractivity contribution in [1.82, 2.24) is 10.2 Å². The number of piperidine rings is 1. The second kappa shape index (κ2) is 5.34. The predicted octanol–water partition coefficient (Wildman–Crippen LogP) is 2.00. The van der Waals surface area contributed by atoms with Gasteiger partial charge in [-0.1, -0.05) is 6.92 Å². The second-order valence-corrected chi connectivity index (χ2v) is 7.10. The molecule has 4 atom stereocenters. The SMILES string of the molecule is CC[C@H]1N(CC2CC2)CCC2CC(NC)CCC21O. The molecule has 110 valence electrons.